The molecule has 1 aromatic carbocycles. The molecule has 0 bridgehead atoms. The van der Waals surface area contributed by atoms with Gasteiger partial charge in [-0.1, -0.05) is 6.92 Å². The highest BCUT2D eigenvalue weighted by atomic mass is 19.1. The largest absolute Gasteiger partial charge is 0.497 e. The van der Waals surface area contributed by atoms with Gasteiger partial charge in [-0.25, -0.2) is 4.98 Å². The molecule has 3 aromatic heterocycles. The minimum Gasteiger partial charge on any atom is -0.497 e. The second-order valence-corrected chi connectivity index (χ2v) is 7.28. The SMILES string of the molecule is COc1ccc2c(OCc3nnc4n3N=C(c3ccnc(F)c3)C(C)C4)ccnc2c1. The lowest BCUT2D eigenvalue weighted by Crippen LogP contribution is -2.24. The molecular formula is C22H19FN6O2. The van der Waals surface area contributed by atoms with Crippen molar-refractivity contribution in [1.82, 2.24) is 24.8 Å². The van der Waals surface area contributed by atoms with E-state index in [-0.39, 0.29) is 12.5 Å². The quantitative estimate of drug-likeness (QED) is 0.462. The lowest BCUT2D eigenvalue weighted by Gasteiger charge is -2.20. The van der Waals surface area contributed by atoms with E-state index in [4.69, 9.17) is 14.6 Å². The number of ether oxygens (including phenoxy) is 2. The van der Waals surface area contributed by atoms with Crippen LogP contribution in [0, 0.1) is 11.9 Å². The van der Waals surface area contributed by atoms with Crippen molar-refractivity contribution in [2.45, 2.75) is 20.0 Å². The molecule has 5 rings (SSSR count). The Bertz CT molecular complexity index is 1300. The number of hydrogen-bond acceptors (Lipinski definition) is 7. The summed E-state index contributed by atoms with van der Waals surface area (Å²) in [6, 6.07) is 10.6. The van der Waals surface area contributed by atoms with E-state index in [1.165, 1.54) is 12.3 Å². The molecule has 0 saturated heterocycles. The molecular weight excluding hydrogens is 399 g/mol. The first-order chi connectivity index (χ1) is 15.1. The van der Waals surface area contributed by atoms with Gasteiger partial charge in [0.2, 0.25) is 5.95 Å². The zero-order valence-corrected chi connectivity index (χ0v) is 17.0. The maximum atomic E-state index is 13.6. The number of hydrogen-bond donors (Lipinski definition) is 0. The van der Waals surface area contributed by atoms with Crippen molar-refractivity contribution in [2.75, 3.05) is 7.11 Å². The molecule has 156 valence electrons. The van der Waals surface area contributed by atoms with Crippen LogP contribution in [-0.4, -0.2) is 37.7 Å². The fourth-order valence-electron chi connectivity index (χ4n) is 3.66. The molecule has 4 heterocycles. The summed E-state index contributed by atoms with van der Waals surface area (Å²) < 4.78 is 26.6. The van der Waals surface area contributed by atoms with Crippen LogP contribution in [0.15, 0.2) is 53.9 Å². The number of rotatable bonds is 5. The number of pyridine rings is 2. The van der Waals surface area contributed by atoms with E-state index in [9.17, 15) is 4.39 Å². The summed E-state index contributed by atoms with van der Waals surface area (Å²) in [7, 11) is 1.62. The van der Waals surface area contributed by atoms with Crippen molar-refractivity contribution in [1.29, 1.82) is 0 Å². The Labute approximate surface area is 177 Å². The van der Waals surface area contributed by atoms with Crippen molar-refractivity contribution >= 4 is 16.6 Å². The predicted molar refractivity (Wildman–Crippen MR) is 112 cm³/mol. The summed E-state index contributed by atoms with van der Waals surface area (Å²) in [5.74, 6) is 2.25. The summed E-state index contributed by atoms with van der Waals surface area (Å²) in [5.41, 5.74) is 2.23. The molecule has 0 spiro atoms. The van der Waals surface area contributed by atoms with E-state index < -0.39 is 5.95 Å². The van der Waals surface area contributed by atoms with E-state index >= 15 is 0 Å². The van der Waals surface area contributed by atoms with Crippen LogP contribution in [0.2, 0.25) is 0 Å². The molecule has 0 aliphatic carbocycles. The summed E-state index contributed by atoms with van der Waals surface area (Å²) in [4.78, 5) is 8.00. The molecule has 0 radical (unpaired) electrons. The number of aromatic nitrogens is 5. The summed E-state index contributed by atoms with van der Waals surface area (Å²) >= 11 is 0. The van der Waals surface area contributed by atoms with Crippen molar-refractivity contribution in [3.63, 3.8) is 0 Å². The number of nitrogens with zero attached hydrogens (tertiary/aromatic N) is 6. The maximum Gasteiger partial charge on any atom is 0.213 e. The molecule has 9 heteroatoms. The topological polar surface area (TPSA) is 87.3 Å². The van der Waals surface area contributed by atoms with Crippen LogP contribution in [0.25, 0.3) is 10.9 Å². The summed E-state index contributed by atoms with van der Waals surface area (Å²) in [5, 5.41) is 14.1. The van der Waals surface area contributed by atoms with E-state index in [2.05, 4.69) is 20.2 Å². The van der Waals surface area contributed by atoms with Gasteiger partial charge in [-0.2, -0.15) is 14.2 Å². The lowest BCUT2D eigenvalue weighted by molar-refractivity contribution is 0.293. The molecule has 0 N–H and O–H groups in total. The second kappa shape index (κ2) is 7.75. The van der Waals surface area contributed by atoms with E-state index in [1.54, 1.807) is 30.1 Å². The monoisotopic (exact) mass is 418 g/mol. The van der Waals surface area contributed by atoms with E-state index in [0.29, 0.717) is 23.6 Å². The molecule has 31 heavy (non-hydrogen) atoms. The molecule has 8 nitrogen and oxygen atoms in total. The summed E-state index contributed by atoms with van der Waals surface area (Å²) in [6.07, 6.45) is 3.77. The van der Waals surface area contributed by atoms with Crippen LogP contribution in [0.3, 0.4) is 0 Å². The first-order valence-corrected chi connectivity index (χ1v) is 9.82. The Morgan fingerprint density at radius 3 is 2.81 bits per heavy atom. The van der Waals surface area contributed by atoms with Gasteiger partial charge in [0.05, 0.1) is 18.3 Å². The first-order valence-electron chi connectivity index (χ1n) is 9.82. The zero-order chi connectivity index (χ0) is 21.4. The number of benzene rings is 1. The molecule has 0 saturated carbocycles. The van der Waals surface area contributed by atoms with Crippen LogP contribution >= 0.6 is 0 Å². The Morgan fingerprint density at radius 1 is 1.10 bits per heavy atom. The molecule has 0 fully saturated rings. The molecule has 1 aliphatic heterocycles. The van der Waals surface area contributed by atoms with Crippen LogP contribution in [0.1, 0.15) is 24.1 Å². The fourth-order valence-corrected chi connectivity index (χ4v) is 3.66. The van der Waals surface area contributed by atoms with Gasteiger partial charge in [0.1, 0.15) is 18.1 Å². The Hall–Kier alpha value is -3.88. The third-order valence-corrected chi connectivity index (χ3v) is 5.22. The Morgan fingerprint density at radius 2 is 1.97 bits per heavy atom. The third-order valence-electron chi connectivity index (χ3n) is 5.22. The Kier molecular flexibility index (Phi) is 4.78. The summed E-state index contributed by atoms with van der Waals surface area (Å²) in [6.45, 7) is 2.21. The first kappa shape index (κ1) is 19.1. The van der Waals surface area contributed by atoms with Gasteiger partial charge in [0.25, 0.3) is 0 Å². The lowest BCUT2D eigenvalue weighted by atomic mass is 9.95. The molecule has 0 amide bonds. The van der Waals surface area contributed by atoms with Crippen LogP contribution in [0.5, 0.6) is 11.5 Å². The highest BCUT2D eigenvalue weighted by molar-refractivity contribution is 6.02. The van der Waals surface area contributed by atoms with Gasteiger partial charge in [-0.15, -0.1) is 10.2 Å². The highest BCUT2D eigenvalue weighted by Gasteiger charge is 2.25. The molecule has 1 atom stereocenters. The Balaban J connectivity index is 1.44. The average Bonchev–Trinajstić information content (AvgIpc) is 3.18. The predicted octanol–water partition coefficient (Wildman–Crippen LogP) is 3.39. The average molecular weight is 418 g/mol. The van der Waals surface area contributed by atoms with Gasteiger partial charge in [0.15, 0.2) is 11.6 Å². The van der Waals surface area contributed by atoms with Crippen LogP contribution < -0.4 is 9.47 Å². The van der Waals surface area contributed by atoms with Crippen molar-refractivity contribution < 1.29 is 13.9 Å². The van der Waals surface area contributed by atoms with Gasteiger partial charge in [0, 0.05) is 47.8 Å². The maximum absolute atomic E-state index is 13.6. The minimum absolute atomic E-state index is 0.0754. The number of methoxy groups -OCH3 is 1. The van der Waals surface area contributed by atoms with Crippen LogP contribution in [-0.2, 0) is 13.0 Å². The fraction of sp³-hybridized carbons (Fsp3) is 0.227. The van der Waals surface area contributed by atoms with Crippen molar-refractivity contribution in [3.8, 4) is 11.5 Å². The van der Waals surface area contributed by atoms with Gasteiger partial charge >= 0.3 is 0 Å². The molecule has 1 aliphatic rings. The second-order valence-electron chi connectivity index (χ2n) is 7.28. The minimum atomic E-state index is -0.535. The number of halogens is 1. The van der Waals surface area contributed by atoms with Gasteiger partial charge in [-0.3, -0.25) is 4.98 Å². The van der Waals surface area contributed by atoms with Crippen molar-refractivity contribution in [3.05, 3.63) is 72.0 Å². The number of fused-ring (bicyclic) bond motifs is 2. The van der Waals surface area contributed by atoms with E-state index in [1.807, 2.05) is 25.1 Å². The van der Waals surface area contributed by atoms with E-state index in [0.717, 1.165) is 28.2 Å². The van der Waals surface area contributed by atoms with Gasteiger partial charge in [-0.05, 0) is 24.3 Å². The normalized spacial score (nSPS) is 15.5. The molecule has 4 aromatic rings. The third kappa shape index (κ3) is 3.58. The van der Waals surface area contributed by atoms with Crippen molar-refractivity contribution in [2.24, 2.45) is 11.0 Å². The standard InChI is InChI=1S/C22H19FN6O2/c1-13-9-20-26-27-21(29(20)28-22(13)14-5-7-25-19(23)10-14)12-31-18-6-8-24-17-11-15(30-2)3-4-16(17)18/h3-8,10-11,13H,9,12H2,1-2H3. The van der Waals surface area contributed by atoms with Crippen LogP contribution in [0.4, 0.5) is 4.39 Å². The molecule has 1 unspecified atom stereocenters. The van der Waals surface area contributed by atoms with Gasteiger partial charge < -0.3 is 9.47 Å². The highest BCUT2D eigenvalue weighted by Crippen LogP contribution is 2.28. The smallest absolute Gasteiger partial charge is 0.213 e. The zero-order valence-electron chi connectivity index (χ0n) is 17.0.